The highest BCUT2D eigenvalue weighted by molar-refractivity contribution is 5.94. The SMILES string of the molecule is CCN(CC)Cc1ccc(C(=O)N2CCN(C(C)C)CC2)cc1.Cl.Cl. The van der Waals surface area contributed by atoms with Crippen LogP contribution in [0.3, 0.4) is 0 Å². The van der Waals surface area contributed by atoms with Crippen molar-refractivity contribution < 1.29 is 4.79 Å². The number of nitrogens with zero attached hydrogens (tertiary/aromatic N) is 3. The molecule has 0 atom stereocenters. The fraction of sp³-hybridized carbons (Fsp3) is 0.632. The molecule has 0 spiro atoms. The summed E-state index contributed by atoms with van der Waals surface area (Å²) in [6.45, 7) is 15.5. The molecule has 1 aromatic rings. The van der Waals surface area contributed by atoms with Gasteiger partial charge in [-0.1, -0.05) is 26.0 Å². The molecule has 0 saturated carbocycles. The van der Waals surface area contributed by atoms with Crippen molar-refractivity contribution in [1.82, 2.24) is 14.7 Å². The van der Waals surface area contributed by atoms with Gasteiger partial charge in [0.05, 0.1) is 0 Å². The summed E-state index contributed by atoms with van der Waals surface area (Å²) in [4.78, 5) is 19.4. The Morgan fingerprint density at radius 3 is 1.96 bits per heavy atom. The van der Waals surface area contributed by atoms with Crippen LogP contribution in [0.2, 0.25) is 0 Å². The van der Waals surface area contributed by atoms with Crippen LogP contribution in [0, 0.1) is 0 Å². The zero-order valence-electron chi connectivity index (χ0n) is 15.9. The molecule has 1 amide bonds. The number of carbonyl (C=O) groups is 1. The highest BCUT2D eigenvalue weighted by Gasteiger charge is 2.23. The van der Waals surface area contributed by atoms with Gasteiger partial charge in [-0.05, 0) is 44.6 Å². The van der Waals surface area contributed by atoms with Gasteiger partial charge in [-0.25, -0.2) is 0 Å². The Labute approximate surface area is 165 Å². The van der Waals surface area contributed by atoms with E-state index in [1.54, 1.807) is 0 Å². The van der Waals surface area contributed by atoms with Crippen molar-refractivity contribution in [3.05, 3.63) is 35.4 Å². The van der Waals surface area contributed by atoms with Crippen molar-refractivity contribution in [3.8, 4) is 0 Å². The smallest absolute Gasteiger partial charge is 0.253 e. The van der Waals surface area contributed by atoms with Gasteiger partial charge in [0.25, 0.3) is 5.91 Å². The molecule has 0 aliphatic carbocycles. The fourth-order valence-electron chi connectivity index (χ4n) is 3.08. The van der Waals surface area contributed by atoms with E-state index in [1.165, 1.54) is 5.56 Å². The minimum atomic E-state index is 0. The van der Waals surface area contributed by atoms with E-state index < -0.39 is 0 Å². The van der Waals surface area contributed by atoms with E-state index in [0.29, 0.717) is 6.04 Å². The minimum Gasteiger partial charge on any atom is -0.336 e. The molecule has 144 valence electrons. The zero-order valence-corrected chi connectivity index (χ0v) is 17.5. The lowest BCUT2D eigenvalue weighted by molar-refractivity contribution is 0.0595. The van der Waals surface area contributed by atoms with E-state index in [9.17, 15) is 4.79 Å². The highest BCUT2D eigenvalue weighted by Crippen LogP contribution is 2.13. The molecule has 1 heterocycles. The molecular weight excluding hydrogens is 357 g/mol. The summed E-state index contributed by atoms with van der Waals surface area (Å²) in [5.74, 6) is 0.169. The van der Waals surface area contributed by atoms with Gasteiger partial charge in [-0.15, -0.1) is 24.8 Å². The number of piperazine rings is 1. The van der Waals surface area contributed by atoms with E-state index in [2.05, 4.69) is 49.6 Å². The number of hydrogen-bond acceptors (Lipinski definition) is 3. The lowest BCUT2D eigenvalue weighted by Crippen LogP contribution is -2.50. The van der Waals surface area contributed by atoms with Crippen molar-refractivity contribution in [3.63, 3.8) is 0 Å². The summed E-state index contributed by atoms with van der Waals surface area (Å²) < 4.78 is 0. The number of carbonyl (C=O) groups excluding carboxylic acids is 1. The Bertz CT molecular complexity index is 496. The third kappa shape index (κ3) is 6.78. The molecule has 1 aromatic carbocycles. The van der Waals surface area contributed by atoms with Gasteiger partial charge in [-0.3, -0.25) is 14.6 Å². The van der Waals surface area contributed by atoms with Crippen molar-refractivity contribution >= 4 is 30.7 Å². The standard InChI is InChI=1S/C19H31N3O.2ClH/c1-5-20(6-2)15-17-7-9-18(10-8-17)19(23)22-13-11-21(12-14-22)16(3)4;;/h7-10,16H,5-6,11-15H2,1-4H3;2*1H. The van der Waals surface area contributed by atoms with E-state index in [4.69, 9.17) is 0 Å². The molecule has 0 bridgehead atoms. The van der Waals surface area contributed by atoms with Gasteiger partial charge in [0.1, 0.15) is 0 Å². The molecule has 1 fully saturated rings. The average molecular weight is 390 g/mol. The van der Waals surface area contributed by atoms with Crippen LogP contribution in [0.25, 0.3) is 0 Å². The normalized spacial score (nSPS) is 15.0. The van der Waals surface area contributed by atoms with Crippen LogP contribution in [0.15, 0.2) is 24.3 Å². The summed E-state index contributed by atoms with van der Waals surface area (Å²) in [5.41, 5.74) is 2.08. The maximum Gasteiger partial charge on any atom is 0.253 e. The predicted octanol–water partition coefficient (Wildman–Crippen LogP) is 3.54. The molecule has 2 rings (SSSR count). The van der Waals surface area contributed by atoms with Crippen LogP contribution < -0.4 is 0 Å². The Balaban J connectivity index is 0.00000288. The summed E-state index contributed by atoms with van der Waals surface area (Å²) in [7, 11) is 0. The Kier molecular flexibility index (Phi) is 11.4. The molecule has 0 unspecified atom stereocenters. The Hall–Kier alpha value is -0.810. The first-order chi connectivity index (χ1) is 11.0. The maximum absolute atomic E-state index is 12.6. The van der Waals surface area contributed by atoms with Crippen LogP contribution in [0.1, 0.15) is 43.6 Å². The lowest BCUT2D eigenvalue weighted by atomic mass is 10.1. The van der Waals surface area contributed by atoms with E-state index >= 15 is 0 Å². The quantitative estimate of drug-likeness (QED) is 0.744. The first kappa shape index (κ1) is 24.2. The van der Waals surface area contributed by atoms with Gasteiger partial charge in [0.2, 0.25) is 0 Å². The number of rotatable bonds is 6. The van der Waals surface area contributed by atoms with Gasteiger partial charge in [0, 0.05) is 44.3 Å². The fourth-order valence-corrected chi connectivity index (χ4v) is 3.08. The van der Waals surface area contributed by atoms with E-state index in [1.807, 2.05) is 17.0 Å². The van der Waals surface area contributed by atoms with Crippen LogP contribution in [-0.2, 0) is 6.54 Å². The molecule has 1 aliphatic heterocycles. The second-order valence-electron chi connectivity index (χ2n) is 6.58. The van der Waals surface area contributed by atoms with Crippen LogP contribution in [0.4, 0.5) is 0 Å². The molecule has 0 N–H and O–H groups in total. The lowest BCUT2D eigenvalue weighted by Gasteiger charge is -2.37. The summed E-state index contributed by atoms with van der Waals surface area (Å²) in [6.07, 6.45) is 0. The first-order valence-electron chi connectivity index (χ1n) is 8.89. The second kappa shape index (κ2) is 11.7. The number of hydrogen-bond donors (Lipinski definition) is 0. The van der Waals surface area contributed by atoms with Gasteiger partial charge >= 0.3 is 0 Å². The first-order valence-corrected chi connectivity index (χ1v) is 8.89. The van der Waals surface area contributed by atoms with E-state index in [-0.39, 0.29) is 30.7 Å². The van der Waals surface area contributed by atoms with Crippen molar-refractivity contribution in [2.75, 3.05) is 39.3 Å². The molecule has 25 heavy (non-hydrogen) atoms. The van der Waals surface area contributed by atoms with Gasteiger partial charge in [0.15, 0.2) is 0 Å². The number of benzene rings is 1. The molecule has 6 heteroatoms. The summed E-state index contributed by atoms with van der Waals surface area (Å²) >= 11 is 0. The van der Waals surface area contributed by atoms with Crippen LogP contribution >= 0.6 is 24.8 Å². The molecule has 0 radical (unpaired) electrons. The minimum absolute atomic E-state index is 0. The maximum atomic E-state index is 12.6. The molecule has 0 aromatic heterocycles. The molecular formula is C19H33Cl2N3O. The topological polar surface area (TPSA) is 26.8 Å². The Morgan fingerprint density at radius 1 is 1.00 bits per heavy atom. The highest BCUT2D eigenvalue weighted by atomic mass is 35.5. The average Bonchev–Trinajstić information content (AvgIpc) is 2.59. The Morgan fingerprint density at radius 2 is 1.52 bits per heavy atom. The zero-order chi connectivity index (χ0) is 16.8. The monoisotopic (exact) mass is 389 g/mol. The summed E-state index contributed by atoms with van der Waals surface area (Å²) in [6, 6.07) is 8.71. The van der Waals surface area contributed by atoms with Crippen molar-refractivity contribution in [2.45, 2.75) is 40.3 Å². The number of amides is 1. The molecule has 1 aliphatic rings. The van der Waals surface area contributed by atoms with Crippen LogP contribution in [-0.4, -0.2) is 65.9 Å². The number of halogens is 2. The third-order valence-corrected chi connectivity index (χ3v) is 4.83. The molecule has 1 saturated heterocycles. The largest absolute Gasteiger partial charge is 0.336 e. The summed E-state index contributed by atoms with van der Waals surface area (Å²) in [5, 5.41) is 0. The van der Waals surface area contributed by atoms with Crippen LogP contribution in [0.5, 0.6) is 0 Å². The van der Waals surface area contributed by atoms with E-state index in [0.717, 1.165) is 51.4 Å². The van der Waals surface area contributed by atoms with Gasteiger partial charge in [-0.2, -0.15) is 0 Å². The van der Waals surface area contributed by atoms with Crippen molar-refractivity contribution in [2.24, 2.45) is 0 Å². The van der Waals surface area contributed by atoms with Crippen molar-refractivity contribution in [1.29, 1.82) is 0 Å². The predicted molar refractivity (Wildman–Crippen MR) is 110 cm³/mol. The van der Waals surface area contributed by atoms with Gasteiger partial charge < -0.3 is 4.90 Å². The second-order valence-corrected chi connectivity index (χ2v) is 6.58. The molecule has 4 nitrogen and oxygen atoms in total. The third-order valence-electron chi connectivity index (χ3n) is 4.83.